The fourth-order valence-electron chi connectivity index (χ4n) is 12.5. The van der Waals surface area contributed by atoms with Gasteiger partial charge in [-0.3, -0.25) is 24.7 Å². The van der Waals surface area contributed by atoms with Crippen LogP contribution in [0.3, 0.4) is 0 Å². The van der Waals surface area contributed by atoms with Crippen molar-refractivity contribution in [3.05, 3.63) is 141 Å². The van der Waals surface area contributed by atoms with Crippen molar-refractivity contribution in [3.63, 3.8) is 0 Å². The Morgan fingerprint density at radius 1 is 0.923 bits per heavy atom. The maximum Gasteiger partial charge on any atom is 0.293 e. The highest BCUT2D eigenvalue weighted by molar-refractivity contribution is 7.90. The van der Waals surface area contributed by atoms with Crippen LogP contribution in [0.25, 0.3) is 11.0 Å². The van der Waals surface area contributed by atoms with Gasteiger partial charge < -0.3 is 29.8 Å². The number of nitrogens with zero attached hydrogens (tertiary/aromatic N) is 5. The highest BCUT2D eigenvalue weighted by Crippen LogP contribution is 2.53. The van der Waals surface area contributed by atoms with Crippen LogP contribution in [-0.4, -0.2) is 102 Å². The topological polar surface area (TPSA) is 195 Å². The predicted octanol–water partition coefficient (Wildman–Crippen LogP) is 11.4. The van der Waals surface area contributed by atoms with E-state index in [1.54, 1.807) is 26.2 Å². The molecule has 4 aromatic carbocycles. The molecule has 414 valence electrons. The number of aliphatic hydroxyl groups is 1. The molecule has 2 aliphatic heterocycles. The number of hydrogen-bond donors (Lipinski definition) is 4. The number of methoxy groups -OCH3 is 1. The number of pyridine rings is 1. The lowest BCUT2D eigenvalue weighted by molar-refractivity contribution is -0.384. The summed E-state index contributed by atoms with van der Waals surface area (Å²) in [6, 6.07) is 26.3. The molecule has 1 amide bonds. The molecule has 78 heavy (non-hydrogen) atoms. The summed E-state index contributed by atoms with van der Waals surface area (Å²) in [5, 5.41) is 25.9. The average Bonchev–Trinajstić information content (AvgIpc) is 3.96. The number of rotatable bonds is 17. The lowest BCUT2D eigenvalue weighted by atomic mass is 9.59. The summed E-state index contributed by atoms with van der Waals surface area (Å²) in [5.41, 5.74) is 5.39. The number of nitro benzene ring substituents is 1. The summed E-state index contributed by atoms with van der Waals surface area (Å²) in [4.78, 5) is 40.0. The number of piperazine rings is 1. The largest absolute Gasteiger partial charge is 0.496 e. The lowest BCUT2D eigenvalue weighted by Crippen LogP contribution is -2.60. The third-order valence-electron chi connectivity index (χ3n) is 17.2. The quantitative estimate of drug-likeness (QED) is 0.0498. The van der Waals surface area contributed by atoms with E-state index in [1.165, 1.54) is 58.9 Å². The van der Waals surface area contributed by atoms with E-state index in [4.69, 9.17) is 9.47 Å². The second-order valence-corrected chi connectivity index (χ2v) is 24.9. The number of sulfonamides is 1. The molecule has 1 spiro atoms. The van der Waals surface area contributed by atoms with Gasteiger partial charge in [0, 0.05) is 81.9 Å². The van der Waals surface area contributed by atoms with Crippen LogP contribution >= 0.6 is 0 Å². The number of nitrogens with one attached hydrogen (secondary N) is 3. The number of benzene rings is 4. The molecular weight excluding hydrogens is 1010 g/mol. The molecule has 2 saturated heterocycles. The fourth-order valence-corrected chi connectivity index (χ4v) is 13.5. The van der Waals surface area contributed by atoms with Gasteiger partial charge in [-0.15, -0.1) is 0 Å². The van der Waals surface area contributed by atoms with Crippen molar-refractivity contribution in [2.24, 2.45) is 11.3 Å². The number of anilines is 2. The molecule has 2 aliphatic carbocycles. The zero-order chi connectivity index (χ0) is 55.1. The number of fused-ring (bicyclic) bond motifs is 1. The number of piperidine rings is 1. The number of hydrogen-bond acceptors (Lipinski definition) is 13. The first-order chi connectivity index (χ1) is 37.3. The number of aromatic nitrogens is 2. The van der Waals surface area contributed by atoms with Gasteiger partial charge in [-0.1, -0.05) is 64.1 Å². The first-order valence-electron chi connectivity index (χ1n) is 27.5. The van der Waals surface area contributed by atoms with Gasteiger partial charge in [0.15, 0.2) is 0 Å². The first kappa shape index (κ1) is 54.7. The molecule has 4 aliphatic rings. The Hall–Kier alpha value is -6.60. The van der Waals surface area contributed by atoms with Gasteiger partial charge in [-0.25, -0.2) is 22.5 Å². The van der Waals surface area contributed by atoms with Crippen LogP contribution in [0.1, 0.15) is 136 Å². The third kappa shape index (κ3) is 11.7. The van der Waals surface area contributed by atoms with Crippen molar-refractivity contribution in [1.82, 2.24) is 24.5 Å². The van der Waals surface area contributed by atoms with Crippen molar-refractivity contribution in [2.45, 2.75) is 127 Å². The van der Waals surface area contributed by atoms with Crippen molar-refractivity contribution in [1.29, 1.82) is 0 Å². The molecule has 2 saturated carbocycles. The number of amides is 1. The van der Waals surface area contributed by atoms with E-state index >= 15 is 0 Å². The molecule has 2 aromatic heterocycles. The highest BCUT2D eigenvalue weighted by atomic mass is 32.2. The van der Waals surface area contributed by atoms with Gasteiger partial charge in [0.2, 0.25) is 0 Å². The van der Waals surface area contributed by atoms with Crippen LogP contribution in [0.15, 0.2) is 102 Å². The van der Waals surface area contributed by atoms with E-state index in [-0.39, 0.29) is 45.5 Å². The highest BCUT2D eigenvalue weighted by Gasteiger charge is 2.50. The van der Waals surface area contributed by atoms with Crippen LogP contribution in [0, 0.1) is 27.3 Å². The number of H-pyrrole nitrogens is 1. The molecule has 6 aromatic rings. The summed E-state index contributed by atoms with van der Waals surface area (Å²) >= 11 is 0. The summed E-state index contributed by atoms with van der Waals surface area (Å²) < 4.78 is 56.8. The Morgan fingerprint density at radius 2 is 1.67 bits per heavy atom. The van der Waals surface area contributed by atoms with E-state index in [0.29, 0.717) is 42.9 Å². The number of carbonyl (C=O) groups excluding carboxylic acids is 1. The van der Waals surface area contributed by atoms with Crippen molar-refractivity contribution < 1.29 is 37.1 Å². The van der Waals surface area contributed by atoms with E-state index in [1.807, 2.05) is 0 Å². The smallest absolute Gasteiger partial charge is 0.293 e. The standard InChI is InChI=1S/C60H73FN8O8S/c1-38(2)46-9-7-8-10-48(46)54-37-66(36-41-11-14-47(39(3)4)55(27-41)76-6)25-26-68(54)43-31-60(32-43)21-23-67(24-22-60)42-12-15-49(56(28-42)77-44-29-50-51(61)35-64-57(50)63-34-44)58(70)65-78(74,75)45-13-16-52(53(30-45)69(72)73)62-33-40-17-19-59(5,71)20-18-40/h7-16,27-30,34-35,38-40,43,54,62,71H,17-26,31-33,36-37H2,1-6H3,(H,63,64)(H,65,70)/t40-,54-,59-/m0/s1. The van der Waals surface area contributed by atoms with Crippen molar-refractivity contribution in [3.8, 4) is 17.2 Å². The van der Waals surface area contributed by atoms with Crippen LogP contribution in [0.2, 0.25) is 0 Å². The minimum absolute atomic E-state index is 0.0228. The summed E-state index contributed by atoms with van der Waals surface area (Å²) in [6.07, 6.45) is 9.46. The summed E-state index contributed by atoms with van der Waals surface area (Å²) in [7, 11) is -2.89. The van der Waals surface area contributed by atoms with Gasteiger partial charge in [0.25, 0.3) is 21.6 Å². The van der Waals surface area contributed by atoms with Gasteiger partial charge in [0.1, 0.15) is 34.4 Å². The number of nitro groups is 1. The number of carbonyl (C=O) groups is 1. The maximum absolute atomic E-state index is 14.8. The normalized spacial score (nSPS) is 21.2. The first-order valence-corrected chi connectivity index (χ1v) is 29.0. The molecule has 4 fully saturated rings. The Bertz CT molecular complexity index is 3280. The Kier molecular flexibility index (Phi) is 15.6. The molecular formula is C60H73FN8O8S. The minimum Gasteiger partial charge on any atom is -0.496 e. The molecule has 1 atom stereocenters. The molecule has 0 bridgehead atoms. The second kappa shape index (κ2) is 22.3. The summed E-state index contributed by atoms with van der Waals surface area (Å²) in [6.45, 7) is 16.4. The molecule has 18 heteroatoms. The average molecular weight is 1090 g/mol. The Balaban J connectivity index is 0.837. The SMILES string of the molecule is COc1cc(CN2CCN(C3CC4(CCN(c5ccc(C(=O)NS(=O)(=O)c6ccc(NC[C@H]7CC[C@](C)(O)CC7)c([N+](=O)[O-])c6)c(Oc6cnc7[nH]cc(F)c7c6)c5)CC4)C3)[C@H](c3ccccc3C(C)C)C2)ccc1C(C)C. The molecule has 16 nitrogen and oxygen atoms in total. The second-order valence-electron chi connectivity index (χ2n) is 23.2. The van der Waals surface area contributed by atoms with E-state index in [2.05, 4.69) is 105 Å². The fraction of sp³-hybridized carbons (Fsp3) is 0.467. The Labute approximate surface area is 456 Å². The molecule has 4 N–H and O–H groups in total. The van der Waals surface area contributed by atoms with Crippen LogP contribution in [0.5, 0.6) is 17.2 Å². The number of aromatic amines is 1. The predicted molar refractivity (Wildman–Crippen MR) is 301 cm³/mol. The van der Waals surface area contributed by atoms with E-state index < -0.39 is 42.9 Å². The zero-order valence-corrected chi connectivity index (χ0v) is 46.4. The van der Waals surface area contributed by atoms with Crippen molar-refractivity contribution >= 4 is 44.0 Å². The lowest BCUT2D eigenvalue weighted by Gasteiger charge is -2.58. The maximum atomic E-state index is 14.8. The van der Waals surface area contributed by atoms with Crippen LogP contribution < -0.4 is 24.4 Å². The van der Waals surface area contributed by atoms with E-state index in [9.17, 15) is 32.8 Å². The number of ether oxygens (including phenoxy) is 2. The number of halogens is 1. The molecule has 4 heterocycles. The zero-order valence-electron chi connectivity index (χ0n) is 45.6. The Morgan fingerprint density at radius 3 is 2.38 bits per heavy atom. The molecule has 0 radical (unpaired) electrons. The van der Waals surface area contributed by atoms with Gasteiger partial charge >= 0.3 is 0 Å². The van der Waals surface area contributed by atoms with Crippen molar-refractivity contribution in [2.75, 3.05) is 56.6 Å². The monoisotopic (exact) mass is 1080 g/mol. The van der Waals surface area contributed by atoms with Crippen LogP contribution in [0.4, 0.5) is 21.5 Å². The van der Waals surface area contributed by atoms with Gasteiger partial charge in [0.05, 0.1) is 39.7 Å². The van der Waals surface area contributed by atoms with E-state index in [0.717, 1.165) is 95.3 Å². The molecule has 10 rings (SSSR count). The van der Waals surface area contributed by atoms with Gasteiger partial charge in [-0.2, -0.15) is 0 Å². The van der Waals surface area contributed by atoms with Crippen LogP contribution in [-0.2, 0) is 16.6 Å². The summed E-state index contributed by atoms with van der Waals surface area (Å²) in [5.74, 6) is 0.484. The minimum atomic E-state index is -4.65. The molecule has 0 unspecified atom stereocenters. The van der Waals surface area contributed by atoms with Gasteiger partial charge in [-0.05, 0) is 140 Å². The third-order valence-corrected chi connectivity index (χ3v) is 18.5.